The zero-order valence-electron chi connectivity index (χ0n) is 16.3. The molecule has 1 unspecified atom stereocenters. The van der Waals surface area contributed by atoms with E-state index in [9.17, 15) is 18.0 Å². The number of fused-ring (bicyclic) bond motifs is 1. The second kappa shape index (κ2) is 8.65. The van der Waals surface area contributed by atoms with Gasteiger partial charge in [-0.1, -0.05) is 30.3 Å². The molecule has 0 bridgehead atoms. The first-order valence-corrected chi connectivity index (χ1v) is 9.96. The van der Waals surface area contributed by atoms with Crippen LogP contribution in [0.5, 0.6) is 0 Å². The SMILES string of the molecule is O=C1Nc2ccc(F)cc2C(CCC2OCCCO2)(c2ccccc2)N1CC(F)F. The van der Waals surface area contributed by atoms with Crippen molar-refractivity contribution in [2.45, 2.75) is 37.5 Å². The van der Waals surface area contributed by atoms with Crippen molar-refractivity contribution in [2.75, 3.05) is 25.1 Å². The smallest absolute Gasteiger partial charge is 0.323 e. The molecule has 1 atom stereocenters. The van der Waals surface area contributed by atoms with Gasteiger partial charge in [-0.2, -0.15) is 0 Å². The Hall–Kier alpha value is -2.58. The molecule has 0 spiro atoms. The molecule has 2 aliphatic heterocycles. The molecule has 4 rings (SSSR count). The summed E-state index contributed by atoms with van der Waals surface area (Å²) in [5, 5.41) is 2.63. The van der Waals surface area contributed by atoms with Gasteiger partial charge in [0.15, 0.2) is 6.29 Å². The van der Waals surface area contributed by atoms with Crippen LogP contribution < -0.4 is 5.32 Å². The highest BCUT2D eigenvalue weighted by Gasteiger charge is 2.48. The van der Waals surface area contributed by atoms with Crippen molar-refractivity contribution < 1.29 is 27.4 Å². The van der Waals surface area contributed by atoms with Crippen molar-refractivity contribution in [1.29, 1.82) is 0 Å². The first kappa shape index (κ1) is 20.7. The minimum absolute atomic E-state index is 0.234. The molecule has 2 aromatic rings. The molecule has 2 aliphatic rings. The zero-order valence-corrected chi connectivity index (χ0v) is 16.3. The molecule has 2 aromatic carbocycles. The maximum Gasteiger partial charge on any atom is 0.323 e. The largest absolute Gasteiger partial charge is 0.353 e. The van der Waals surface area contributed by atoms with Gasteiger partial charge in [0.1, 0.15) is 5.82 Å². The summed E-state index contributed by atoms with van der Waals surface area (Å²) in [6, 6.07) is 12.3. The molecular weight excluding hydrogens is 397 g/mol. The predicted octanol–water partition coefficient (Wildman–Crippen LogP) is 4.73. The number of nitrogens with zero attached hydrogens (tertiary/aromatic N) is 1. The Balaban J connectivity index is 1.86. The summed E-state index contributed by atoms with van der Waals surface area (Å²) in [6.45, 7) is 0.313. The van der Waals surface area contributed by atoms with Gasteiger partial charge >= 0.3 is 6.03 Å². The zero-order chi connectivity index (χ0) is 21.1. The van der Waals surface area contributed by atoms with Crippen molar-refractivity contribution in [3.8, 4) is 0 Å². The van der Waals surface area contributed by atoms with E-state index in [1.807, 2.05) is 0 Å². The number of urea groups is 1. The van der Waals surface area contributed by atoms with E-state index in [1.54, 1.807) is 30.3 Å². The van der Waals surface area contributed by atoms with Crippen LogP contribution in [-0.4, -0.2) is 43.4 Å². The molecule has 1 saturated heterocycles. The van der Waals surface area contributed by atoms with Gasteiger partial charge in [0, 0.05) is 17.7 Å². The Morgan fingerprint density at radius 2 is 1.87 bits per heavy atom. The molecule has 5 nitrogen and oxygen atoms in total. The third kappa shape index (κ3) is 3.89. The van der Waals surface area contributed by atoms with Gasteiger partial charge in [0.05, 0.1) is 25.3 Å². The first-order chi connectivity index (χ1) is 14.5. The van der Waals surface area contributed by atoms with Gasteiger partial charge in [-0.25, -0.2) is 18.0 Å². The predicted molar refractivity (Wildman–Crippen MR) is 105 cm³/mol. The Kier molecular flexibility index (Phi) is 5.97. The molecule has 1 fully saturated rings. The fourth-order valence-electron chi connectivity index (χ4n) is 4.32. The highest BCUT2D eigenvalue weighted by atomic mass is 19.3. The van der Waals surface area contributed by atoms with Gasteiger partial charge in [-0.15, -0.1) is 0 Å². The lowest BCUT2D eigenvalue weighted by Gasteiger charge is -2.49. The van der Waals surface area contributed by atoms with Crippen LogP contribution in [0, 0.1) is 5.82 Å². The summed E-state index contributed by atoms with van der Waals surface area (Å²) in [4.78, 5) is 14.1. The number of alkyl halides is 2. The molecule has 30 heavy (non-hydrogen) atoms. The normalized spacial score (nSPS) is 22.1. The molecule has 2 amide bonds. The number of hydrogen-bond donors (Lipinski definition) is 1. The summed E-state index contributed by atoms with van der Waals surface area (Å²) >= 11 is 0. The molecule has 1 N–H and O–H groups in total. The number of rotatable bonds is 6. The number of nitrogens with one attached hydrogen (secondary N) is 1. The minimum Gasteiger partial charge on any atom is -0.353 e. The lowest BCUT2D eigenvalue weighted by atomic mass is 9.75. The highest BCUT2D eigenvalue weighted by molar-refractivity contribution is 5.94. The number of benzene rings is 2. The van der Waals surface area contributed by atoms with Crippen LogP contribution in [0.25, 0.3) is 0 Å². The third-order valence-electron chi connectivity index (χ3n) is 5.58. The van der Waals surface area contributed by atoms with Gasteiger partial charge in [-0.05, 0) is 36.6 Å². The van der Waals surface area contributed by atoms with E-state index in [0.717, 1.165) is 11.3 Å². The minimum atomic E-state index is -2.75. The maximum absolute atomic E-state index is 14.3. The first-order valence-electron chi connectivity index (χ1n) is 9.96. The lowest BCUT2D eigenvalue weighted by Crippen LogP contribution is -2.57. The molecule has 8 heteroatoms. The fourth-order valence-corrected chi connectivity index (χ4v) is 4.32. The second-order valence-corrected chi connectivity index (χ2v) is 7.41. The summed E-state index contributed by atoms with van der Waals surface area (Å²) in [5.74, 6) is -0.507. The van der Waals surface area contributed by atoms with Crippen LogP contribution >= 0.6 is 0 Å². The number of ether oxygens (including phenoxy) is 2. The average Bonchev–Trinajstić information content (AvgIpc) is 2.75. The average molecular weight is 420 g/mol. The van der Waals surface area contributed by atoms with E-state index in [2.05, 4.69) is 5.32 Å². The Morgan fingerprint density at radius 3 is 2.57 bits per heavy atom. The van der Waals surface area contributed by atoms with Gasteiger partial charge in [-0.3, -0.25) is 0 Å². The number of amides is 2. The third-order valence-corrected chi connectivity index (χ3v) is 5.58. The number of carbonyl (C=O) groups excluding carboxylic acids is 1. The highest BCUT2D eigenvalue weighted by Crippen LogP contribution is 2.47. The van der Waals surface area contributed by atoms with Crippen LogP contribution in [0.2, 0.25) is 0 Å². The monoisotopic (exact) mass is 420 g/mol. The molecule has 2 heterocycles. The van der Waals surface area contributed by atoms with E-state index < -0.39 is 36.6 Å². The molecular formula is C22H23F3N2O3. The summed E-state index contributed by atoms with van der Waals surface area (Å²) < 4.78 is 52.7. The Morgan fingerprint density at radius 1 is 1.13 bits per heavy atom. The Labute approximate surface area is 172 Å². The van der Waals surface area contributed by atoms with Gasteiger partial charge in [0.2, 0.25) is 0 Å². The molecule has 0 radical (unpaired) electrons. The van der Waals surface area contributed by atoms with Crippen molar-refractivity contribution in [2.24, 2.45) is 0 Å². The lowest BCUT2D eigenvalue weighted by molar-refractivity contribution is -0.184. The van der Waals surface area contributed by atoms with E-state index in [0.29, 0.717) is 36.4 Å². The van der Waals surface area contributed by atoms with Crippen LogP contribution in [0.4, 0.5) is 23.7 Å². The summed E-state index contributed by atoms with van der Waals surface area (Å²) in [7, 11) is 0. The quantitative estimate of drug-likeness (QED) is 0.736. The number of hydrogen-bond acceptors (Lipinski definition) is 3. The van der Waals surface area contributed by atoms with Gasteiger partial charge < -0.3 is 19.7 Å². The van der Waals surface area contributed by atoms with Crippen LogP contribution in [0.1, 0.15) is 30.4 Å². The van der Waals surface area contributed by atoms with Crippen molar-refractivity contribution in [3.05, 3.63) is 65.5 Å². The van der Waals surface area contributed by atoms with Crippen molar-refractivity contribution >= 4 is 11.7 Å². The van der Waals surface area contributed by atoms with Crippen molar-refractivity contribution in [1.82, 2.24) is 4.90 Å². The second-order valence-electron chi connectivity index (χ2n) is 7.41. The molecule has 0 aromatic heterocycles. The van der Waals surface area contributed by atoms with E-state index in [4.69, 9.17) is 9.47 Å². The van der Waals surface area contributed by atoms with Gasteiger partial charge in [0.25, 0.3) is 6.43 Å². The van der Waals surface area contributed by atoms with Crippen LogP contribution in [0.3, 0.4) is 0 Å². The van der Waals surface area contributed by atoms with E-state index in [1.165, 1.54) is 18.2 Å². The standard InChI is InChI=1S/C22H23F3N2O3/c23-16-7-8-18-17(13-16)22(15-5-2-1-3-6-15,10-9-20-29-11-4-12-30-20)27(14-19(24)25)21(28)26-18/h1-3,5-8,13,19-20H,4,9-12,14H2,(H,26,28). The maximum atomic E-state index is 14.3. The van der Waals surface area contributed by atoms with E-state index in [-0.39, 0.29) is 6.42 Å². The molecule has 0 saturated carbocycles. The van der Waals surface area contributed by atoms with Crippen LogP contribution in [0.15, 0.2) is 48.5 Å². The molecule has 160 valence electrons. The topological polar surface area (TPSA) is 50.8 Å². The number of carbonyl (C=O) groups is 1. The Bertz CT molecular complexity index is 890. The summed E-state index contributed by atoms with van der Waals surface area (Å²) in [5.41, 5.74) is 0.177. The number of halogens is 3. The van der Waals surface area contributed by atoms with E-state index >= 15 is 0 Å². The van der Waals surface area contributed by atoms with Crippen molar-refractivity contribution in [3.63, 3.8) is 0 Å². The summed E-state index contributed by atoms with van der Waals surface area (Å²) in [6.07, 6.45) is -1.88. The number of anilines is 1. The molecule has 0 aliphatic carbocycles. The van der Waals surface area contributed by atoms with Crippen LogP contribution in [-0.2, 0) is 15.0 Å². The fraction of sp³-hybridized carbons (Fsp3) is 0.409.